The standard InChI is InChI=1S/C12H19NO/c1-8(2)11-5-10(4-9(3)13)6-12(14)7-11/h5-9,14H,4,13H2,1-3H3. The zero-order valence-corrected chi connectivity index (χ0v) is 9.12. The van der Waals surface area contributed by atoms with Crippen LogP contribution in [0.4, 0.5) is 0 Å². The molecule has 0 fully saturated rings. The summed E-state index contributed by atoms with van der Waals surface area (Å²) in [7, 11) is 0. The zero-order valence-electron chi connectivity index (χ0n) is 9.12. The number of hydrogen-bond acceptors (Lipinski definition) is 2. The summed E-state index contributed by atoms with van der Waals surface area (Å²) in [6.07, 6.45) is 0.814. The number of hydrogen-bond donors (Lipinski definition) is 2. The van der Waals surface area contributed by atoms with E-state index in [9.17, 15) is 5.11 Å². The summed E-state index contributed by atoms with van der Waals surface area (Å²) in [6, 6.07) is 5.86. The highest BCUT2D eigenvalue weighted by molar-refractivity contribution is 5.35. The fourth-order valence-corrected chi connectivity index (χ4v) is 1.52. The molecule has 2 nitrogen and oxygen atoms in total. The molecule has 1 atom stereocenters. The third-order valence-corrected chi connectivity index (χ3v) is 2.22. The molecular formula is C12H19NO. The molecule has 3 N–H and O–H groups in total. The van der Waals surface area contributed by atoms with E-state index in [4.69, 9.17) is 5.73 Å². The van der Waals surface area contributed by atoms with Gasteiger partial charge in [0.1, 0.15) is 5.75 Å². The van der Waals surface area contributed by atoms with Gasteiger partial charge in [0.25, 0.3) is 0 Å². The van der Waals surface area contributed by atoms with Gasteiger partial charge in [-0.3, -0.25) is 0 Å². The molecule has 0 amide bonds. The topological polar surface area (TPSA) is 46.2 Å². The summed E-state index contributed by atoms with van der Waals surface area (Å²) < 4.78 is 0. The normalized spacial score (nSPS) is 13.2. The highest BCUT2D eigenvalue weighted by Crippen LogP contribution is 2.22. The van der Waals surface area contributed by atoms with E-state index in [0.717, 1.165) is 12.0 Å². The van der Waals surface area contributed by atoms with Crippen molar-refractivity contribution in [3.05, 3.63) is 29.3 Å². The molecule has 0 aliphatic heterocycles. The second-order valence-electron chi connectivity index (χ2n) is 4.27. The van der Waals surface area contributed by atoms with Gasteiger partial charge in [-0.1, -0.05) is 19.9 Å². The number of nitrogens with two attached hydrogens (primary N) is 1. The maximum Gasteiger partial charge on any atom is 0.116 e. The largest absolute Gasteiger partial charge is 0.508 e. The van der Waals surface area contributed by atoms with Crippen molar-refractivity contribution in [3.8, 4) is 5.75 Å². The number of benzene rings is 1. The van der Waals surface area contributed by atoms with E-state index < -0.39 is 0 Å². The molecule has 0 heterocycles. The lowest BCUT2D eigenvalue weighted by molar-refractivity contribution is 0.473. The second kappa shape index (κ2) is 4.47. The van der Waals surface area contributed by atoms with Gasteiger partial charge in [-0.15, -0.1) is 0 Å². The van der Waals surface area contributed by atoms with Crippen LogP contribution in [0.5, 0.6) is 5.75 Å². The minimum absolute atomic E-state index is 0.136. The third-order valence-electron chi connectivity index (χ3n) is 2.22. The van der Waals surface area contributed by atoms with Crippen LogP contribution in [0.3, 0.4) is 0 Å². The molecule has 1 rings (SSSR count). The molecule has 0 aliphatic carbocycles. The lowest BCUT2D eigenvalue weighted by Gasteiger charge is -2.11. The number of phenols is 1. The molecule has 0 saturated carbocycles. The Balaban J connectivity index is 2.95. The molecule has 14 heavy (non-hydrogen) atoms. The molecule has 78 valence electrons. The van der Waals surface area contributed by atoms with Crippen LogP contribution in [0.1, 0.15) is 37.8 Å². The van der Waals surface area contributed by atoms with Crippen LogP contribution in [0, 0.1) is 0 Å². The molecule has 0 aliphatic rings. The Bertz CT molecular complexity index is 305. The van der Waals surface area contributed by atoms with Gasteiger partial charge in [-0.2, -0.15) is 0 Å². The summed E-state index contributed by atoms with van der Waals surface area (Å²) in [5.74, 6) is 0.779. The Labute approximate surface area is 85.8 Å². The smallest absolute Gasteiger partial charge is 0.116 e. The fourth-order valence-electron chi connectivity index (χ4n) is 1.52. The minimum atomic E-state index is 0.136. The Morgan fingerprint density at radius 3 is 2.36 bits per heavy atom. The van der Waals surface area contributed by atoms with E-state index in [-0.39, 0.29) is 6.04 Å². The fraction of sp³-hybridized carbons (Fsp3) is 0.500. The predicted octanol–water partition coefficient (Wildman–Crippen LogP) is 2.41. The van der Waals surface area contributed by atoms with E-state index in [0.29, 0.717) is 11.7 Å². The van der Waals surface area contributed by atoms with Crippen molar-refractivity contribution in [2.24, 2.45) is 5.73 Å². The Hall–Kier alpha value is -1.02. The third kappa shape index (κ3) is 3.04. The highest BCUT2D eigenvalue weighted by Gasteiger charge is 2.05. The van der Waals surface area contributed by atoms with E-state index >= 15 is 0 Å². The van der Waals surface area contributed by atoms with Crippen LogP contribution in [0.25, 0.3) is 0 Å². The molecule has 1 unspecified atom stereocenters. The second-order valence-corrected chi connectivity index (χ2v) is 4.27. The maximum atomic E-state index is 9.51. The van der Waals surface area contributed by atoms with Crippen molar-refractivity contribution in [3.63, 3.8) is 0 Å². The Kier molecular flexibility index (Phi) is 3.53. The molecule has 0 bridgehead atoms. The van der Waals surface area contributed by atoms with E-state index in [1.807, 2.05) is 13.0 Å². The minimum Gasteiger partial charge on any atom is -0.508 e. The van der Waals surface area contributed by atoms with Crippen molar-refractivity contribution in [1.29, 1.82) is 0 Å². The maximum absolute atomic E-state index is 9.51. The lowest BCUT2D eigenvalue weighted by Crippen LogP contribution is -2.17. The summed E-state index contributed by atoms with van der Waals surface area (Å²) in [6.45, 7) is 6.20. The van der Waals surface area contributed by atoms with Crippen molar-refractivity contribution in [2.45, 2.75) is 39.2 Å². The van der Waals surface area contributed by atoms with Crippen molar-refractivity contribution >= 4 is 0 Å². The van der Waals surface area contributed by atoms with E-state index in [1.54, 1.807) is 6.07 Å². The zero-order chi connectivity index (χ0) is 10.7. The van der Waals surface area contributed by atoms with Gasteiger partial charge >= 0.3 is 0 Å². The highest BCUT2D eigenvalue weighted by atomic mass is 16.3. The SMILES string of the molecule is CC(N)Cc1cc(O)cc(C(C)C)c1. The number of aromatic hydroxyl groups is 1. The predicted molar refractivity (Wildman–Crippen MR) is 59.5 cm³/mol. The van der Waals surface area contributed by atoms with Crippen molar-refractivity contribution < 1.29 is 5.11 Å². The van der Waals surface area contributed by atoms with Crippen molar-refractivity contribution in [2.75, 3.05) is 0 Å². The van der Waals surface area contributed by atoms with Crippen LogP contribution in [-0.4, -0.2) is 11.1 Å². The van der Waals surface area contributed by atoms with E-state index in [2.05, 4.69) is 19.9 Å². The summed E-state index contributed by atoms with van der Waals surface area (Å²) in [5.41, 5.74) is 8.00. The van der Waals surface area contributed by atoms with Crippen LogP contribution >= 0.6 is 0 Å². The van der Waals surface area contributed by atoms with Crippen LogP contribution < -0.4 is 5.73 Å². The van der Waals surface area contributed by atoms with Crippen LogP contribution in [-0.2, 0) is 6.42 Å². The summed E-state index contributed by atoms with van der Waals surface area (Å²) in [4.78, 5) is 0. The van der Waals surface area contributed by atoms with Gasteiger partial charge in [0.05, 0.1) is 0 Å². The quantitative estimate of drug-likeness (QED) is 0.774. The van der Waals surface area contributed by atoms with Gasteiger partial charge in [0, 0.05) is 6.04 Å². The van der Waals surface area contributed by atoms with Gasteiger partial charge in [-0.05, 0) is 42.5 Å². The van der Waals surface area contributed by atoms with Gasteiger partial charge < -0.3 is 10.8 Å². The first kappa shape index (κ1) is 11.1. The first-order valence-electron chi connectivity index (χ1n) is 5.07. The van der Waals surface area contributed by atoms with E-state index in [1.165, 1.54) is 5.56 Å². The monoisotopic (exact) mass is 193 g/mol. The Morgan fingerprint density at radius 2 is 1.86 bits per heavy atom. The molecule has 1 aromatic rings. The number of phenolic OH excluding ortho intramolecular Hbond substituents is 1. The summed E-state index contributed by atoms with van der Waals surface area (Å²) >= 11 is 0. The Morgan fingerprint density at radius 1 is 1.21 bits per heavy atom. The molecule has 0 saturated heterocycles. The first-order chi connectivity index (χ1) is 6.49. The average Bonchev–Trinajstić information content (AvgIpc) is 2.01. The van der Waals surface area contributed by atoms with Crippen LogP contribution in [0.15, 0.2) is 18.2 Å². The number of rotatable bonds is 3. The van der Waals surface area contributed by atoms with Crippen molar-refractivity contribution in [1.82, 2.24) is 0 Å². The summed E-state index contributed by atoms with van der Waals surface area (Å²) in [5, 5.41) is 9.51. The molecule has 0 aromatic heterocycles. The molecule has 0 spiro atoms. The molecular weight excluding hydrogens is 174 g/mol. The molecule has 1 aromatic carbocycles. The van der Waals surface area contributed by atoms with Gasteiger partial charge in [0.15, 0.2) is 0 Å². The first-order valence-corrected chi connectivity index (χ1v) is 5.07. The molecule has 0 radical (unpaired) electrons. The van der Waals surface area contributed by atoms with Gasteiger partial charge in [0.2, 0.25) is 0 Å². The van der Waals surface area contributed by atoms with Crippen LogP contribution in [0.2, 0.25) is 0 Å². The average molecular weight is 193 g/mol. The lowest BCUT2D eigenvalue weighted by atomic mass is 9.98. The van der Waals surface area contributed by atoms with Gasteiger partial charge in [-0.25, -0.2) is 0 Å². The molecule has 2 heteroatoms.